The SMILES string of the molecule is Cl.Clc1ccc(OCc2ncc[nH]2)cc1Cl. The second kappa shape index (κ2) is 5.99. The molecule has 0 bridgehead atoms. The fourth-order valence-electron chi connectivity index (χ4n) is 1.10. The summed E-state index contributed by atoms with van der Waals surface area (Å²) in [5.41, 5.74) is 0. The third kappa shape index (κ3) is 3.30. The highest BCUT2D eigenvalue weighted by atomic mass is 35.5. The lowest BCUT2D eigenvalue weighted by molar-refractivity contribution is 0.297. The fraction of sp³-hybridized carbons (Fsp3) is 0.100. The number of H-pyrrole nitrogens is 1. The van der Waals surface area contributed by atoms with Crippen LogP contribution in [-0.4, -0.2) is 9.97 Å². The van der Waals surface area contributed by atoms with Crippen LogP contribution in [0.4, 0.5) is 0 Å². The third-order valence-corrected chi connectivity index (χ3v) is 2.56. The predicted octanol–water partition coefficient (Wildman–Crippen LogP) is 3.72. The zero-order valence-corrected chi connectivity index (χ0v) is 10.4. The van der Waals surface area contributed by atoms with Crippen LogP contribution >= 0.6 is 35.6 Å². The van der Waals surface area contributed by atoms with E-state index in [-0.39, 0.29) is 12.4 Å². The van der Waals surface area contributed by atoms with Crippen LogP contribution in [-0.2, 0) is 6.61 Å². The van der Waals surface area contributed by atoms with Crippen molar-refractivity contribution in [1.82, 2.24) is 9.97 Å². The first-order valence-corrected chi connectivity index (χ1v) is 5.07. The molecule has 3 nitrogen and oxygen atoms in total. The van der Waals surface area contributed by atoms with Gasteiger partial charge in [0.15, 0.2) is 0 Å². The summed E-state index contributed by atoms with van der Waals surface area (Å²) < 4.78 is 5.45. The molecule has 0 unspecified atom stereocenters. The molecule has 1 heterocycles. The summed E-state index contributed by atoms with van der Waals surface area (Å²) in [6.07, 6.45) is 3.42. The number of nitrogens with zero attached hydrogens (tertiary/aromatic N) is 1. The third-order valence-electron chi connectivity index (χ3n) is 1.82. The zero-order valence-electron chi connectivity index (χ0n) is 8.11. The van der Waals surface area contributed by atoms with Crippen molar-refractivity contribution in [3.8, 4) is 5.75 Å². The van der Waals surface area contributed by atoms with Crippen LogP contribution in [0.3, 0.4) is 0 Å². The first-order valence-electron chi connectivity index (χ1n) is 4.32. The quantitative estimate of drug-likeness (QED) is 0.930. The van der Waals surface area contributed by atoms with Crippen LogP contribution in [0.5, 0.6) is 5.75 Å². The van der Waals surface area contributed by atoms with E-state index in [1.807, 2.05) is 0 Å². The molecule has 1 aromatic carbocycles. The van der Waals surface area contributed by atoms with Crippen molar-refractivity contribution in [2.45, 2.75) is 6.61 Å². The van der Waals surface area contributed by atoms with Gasteiger partial charge in [0.1, 0.15) is 18.2 Å². The molecule has 86 valence electrons. The molecule has 0 aliphatic carbocycles. The molecule has 16 heavy (non-hydrogen) atoms. The standard InChI is InChI=1S/C10H8Cl2N2O.ClH/c11-8-2-1-7(5-9(8)12)15-6-10-13-3-4-14-10;/h1-5H,6H2,(H,13,14);1H. The molecule has 6 heteroatoms. The molecule has 0 atom stereocenters. The normalized spacial score (nSPS) is 9.62. The minimum absolute atomic E-state index is 0. The molecule has 0 amide bonds. The van der Waals surface area contributed by atoms with E-state index in [0.29, 0.717) is 22.4 Å². The highest BCUT2D eigenvalue weighted by molar-refractivity contribution is 6.42. The monoisotopic (exact) mass is 278 g/mol. The van der Waals surface area contributed by atoms with Gasteiger partial charge in [0.05, 0.1) is 10.0 Å². The van der Waals surface area contributed by atoms with E-state index >= 15 is 0 Å². The summed E-state index contributed by atoms with van der Waals surface area (Å²) in [6.45, 7) is 0.380. The van der Waals surface area contributed by atoms with Gasteiger partial charge in [0, 0.05) is 18.5 Å². The molecule has 1 aromatic heterocycles. The Morgan fingerprint density at radius 3 is 2.69 bits per heavy atom. The number of ether oxygens (including phenoxy) is 1. The van der Waals surface area contributed by atoms with Crippen LogP contribution in [0.15, 0.2) is 30.6 Å². The molecule has 1 N–H and O–H groups in total. The van der Waals surface area contributed by atoms with E-state index in [2.05, 4.69) is 9.97 Å². The Hall–Kier alpha value is -0.900. The molecule has 0 aliphatic rings. The number of hydrogen-bond acceptors (Lipinski definition) is 2. The topological polar surface area (TPSA) is 37.9 Å². The Bertz CT molecular complexity index is 445. The second-order valence-corrected chi connectivity index (χ2v) is 3.71. The Morgan fingerprint density at radius 1 is 1.25 bits per heavy atom. The number of hydrogen-bond donors (Lipinski definition) is 1. The van der Waals surface area contributed by atoms with Gasteiger partial charge < -0.3 is 9.72 Å². The van der Waals surface area contributed by atoms with Crippen molar-refractivity contribution in [1.29, 1.82) is 0 Å². The van der Waals surface area contributed by atoms with Gasteiger partial charge in [0.2, 0.25) is 0 Å². The van der Waals surface area contributed by atoms with E-state index in [0.717, 1.165) is 5.82 Å². The van der Waals surface area contributed by atoms with Crippen molar-refractivity contribution >= 4 is 35.6 Å². The van der Waals surface area contributed by atoms with Crippen LogP contribution in [0.2, 0.25) is 10.0 Å². The second-order valence-electron chi connectivity index (χ2n) is 2.90. The summed E-state index contributed by atoms with van der Waals surface area (Å²) in [5.74, 6) is 1.43. The molecule has 0 aliphatic heterocycles. The van der Waals surface area contributed by atoms with E-state index in [4.69, 9.17) is 27.9 Å². The molecule has 0 spiro atoms. The number of rotatable bonds is 3. The largest absolute Gasteiger partial charge is 0.486 e. The van der Waals surface area contributed by atoms with Crippen molar-refractivity contribution in [3.05, 3.63) is 46.5 Å². The minimum atomic E-state index is 0. The number of halogens is 3. The van der Waals surface area contributed by atoms with E-state index in [1.165, 1.54) is 0 Å². The van der Waals surface area contributed by atoms with Gasteiger partial charge in [-0.3, -0.25) is 0 Å². The molecule has 2 aromatic rings. The molecule has 0 fully saturated rings. The Labute approximate surface area is 109 Å². The first kappa shape index (κ1) is 13.2. The van der Waals surface area contributed by atoms with Gasteiger partial charge in [-0.2, -0.15) is 0 Å². The maximum Gasteiger partial charge on any atom is 0.146 e. The van der Waals surface area contributed by atoms with Gasteiger partial charge >= 0.3 is 0 Å². The van der Waals surface area contributed by atoms with Crippen LogP contribution in [0.1, 0.15) is 5.82 Å². The lowest BCUT2D eigenvalue weighted by atomic mass is 10.3. The predicted molar refractivity (Wildman–Crippen MR) is 66.6 cm³/mol. The smallest absolute Gasteiger partial charge is 0.146 e. The van der Waals surface area contributed by atoms with E-state index in [9.17, 15) is 0 Å². The minimum Gasteiger partial charge on any atom is -0.486 e. The first-order chi connectivity index (χ1) is 7.25. The van der Waals surface area contributed by atoms with E-state index < -0.39 is 0 Å². The van der Waals surface area contributed by atoms with E-state index in [1.54, 1.807) is 30.6 Å². The van der Waals surface area contributed by atoms with Gasteiger partial charge in [-0.25, -0.2) is 4.98 Å². The Balaban J connectivity index is 0.00000128. The van der Waals surface area contributed by atoms with Crippen molar-refractivity contribution < 1.29 is 4.74 Å². The average Bonchev–Trinajstić information content (AvgIpc) is 2.73. The van der Waals surface area contributed by atoms with Crippen molar-refractivity contribution in [2.75, 3.05) is 0 Å². The van der Waals surface area contributed by atoms with Crippen LogP contribution in [0.25, 0.3) is 0 Å². The summed E-state index contributed by atoms with van der Waals surface area (Å²) >= 11 is 11.6. The molecule has 0 radical (unpaired) electrons. The Morgan fingerprint density at radius 2 is 2.06 bits per heavy atom. The van der Waals surface area contributed by atoms with Crippen LogP contribution in [0, 0.1) is 0 Å². The number of aromatic amines is 1. The maximum absolute atomic E-state index is 5.84. The van der Waals surface area contributed by atoms with Crippen molar-refractivity contribution in [3.63, 3.8) is 0 Å². The number of imidazole rings is 1. The van der Waals surface area contributed by atoms with Gasteiger partial charge in [0.25, 0.3) is 0 Å². The van der Waals surface area contributed by atoms with Crippen molar-refractivity contribution in [2.24, 2.45) is 0 Å². The van der Waals surface area contributed by atoms with Gasteiger partial charge in [-0.1, -0.05) is 23.2 Å². The fourth-order valence-corrected chi connectivity index (χ4v) is 1.38. The van der Waals surface area contributed by atoms with Crippen LogP contribution < -0.4 is 4.74 Å². The highest BCUT2D eigenvalue weighted by Gasteiger charge is 2.01. The lowest BCUT2D eigenvalue weighted by Gasteiger charge is -2.04. The maximum atomic E-state index is 5.84. The molecular weight excluding hydrogens is 270 g/mol. The zero-order chi connectivity index (χ0) is 10.7. The number of aromatic nitrogens is 2. The number of nitrogens with one attached hydrogen (secondary N) is 1. The summed E-state index contributed by atoms with van der Waals surface area (Å²) in [7, 11) is 0. The number of benzene rings is 1. The molecule has 0 saturated heterocycles. The lowest BCUT2D eigenvalue weighted by Crippen LogP contribution is -1.97. The summed E-state index contributed by atoms with van der Waals surface area (Å²) in [5, 5.41) is 0.996. The average molecular weight is 280 g/mol. The summed E-state index contributed by atoms with van der Waals surface area (Å²) in [6, 6.07) is 5.13. The van der Waals surface area contributed by atoms with Gasteiger partial charge in [-0.15, -0.1) is 12.4 Å². The molecular formula is C10H9Cl3N2O. The molecule has 0 saturated carbocycles. The summed E-state index contributed by atoms with van der Waals surface area (Å²) in [4.78, 5) is 6.97. The molecule has 2 rings (SSSR count). The van der Waals surface area contributed by atoms with Gasteiger partial charge in [-0.05, 0) is 12.1 Å². The highest BCUT2D eigenvalue weighted by Crippen LogP contribution is 2.26. The Kier molecular flexibility index (Phi) is 4.93.